The molecule has 2 atom stereocenters. The van der Waals surface area contributed by atoms with Crippen LogP contribution in [0, 0.1) is 0 Å². The van der Waals surface area contributed by atoms with Crippen LogP contribution in [-0.2, 0) is 5.41 Å². The van der Waals surface area contributed by atoms with Crippen molar-refractivity contribution in [2.75, 3.05) is 20.8 Å². The second-order valence-corrected chi connectivity index (χ2v) is 4.98. The average molecular weight is 267 g/mol. The Balaban J connectivity index is 3.23. The van der Waals surface area contributed by atoms with Gasteiger partial charge >= 0.3 is 0 Å². The number of nitrogens with two attached hydrogens (primary N) is 1. The minimum Gasteiger partial charge on any atom is -0.493 e. The molecule has 19 heavy (non-hydrogen) atoms. The molecule has 0 radical (unpaired) electrons. The summed E-state index contributed by atoms with van der Waals surface area (Å²) >= 11 is 0. The van der Waals surface area contributed by atoms with Gasteiger partial charge in [0.2, 0.25) is 0 Å². The standard InChI is InChI=1S/C15H25NO3/c1-5-14(16)15(2,8-9-17)11-6-7-12(18-3)13(10-11)19-4/h6-7,10,14,17H,5,8-9,16H2,1-4H3. The molecule has 1 aromatic carbocycles. The topological polar surface area (TPSA) is 64.7 Å². The number of hydrogen-bond donors (Lipinski definition) is 2. The van der Waals surface area contributed by atoms with Crippen LogP contribution in [0.15, 0.2) is 18.2 Å². The van der Waals surface area contributed by atoms with E-state index in [0.717, 1.165) is 12.0 Å². The Morgan fingerprint density at radius 1 is 1.26 bits per heavy atom. The fraction of sp³-hybridized carbons (Fsp3) is 0.600. The Morgan fingerprint density at radius 2 is 1.89 bits per heavy atom. The molecule has 108 valence electrons. The predicted molar refractivity (Wildman–Crippen MR) is 76.9 cm³/mol. The number of methoxy groups -OCH3 is 2. The zero-order valence-electron chi connectivity index (χ0n) is 12.3. The van der Waals surface area contributed by atoms with E-state index < -0.39 is 0 Å². The van der Waals surface area contributed by atoms with Crippen LogP contribution in [0.5, 0.6) is 11.5 Å². The van der Waals surface area contributed by atoms with Crippen molar-refractivity contribution in [3.05, 3.63) is 23.8 Å². The van der Waals surface area contributed by atoms with Crippen LogP contribution in [0.3, 0.4) is 0 Å². The van der Waals surface area contributed by atoms with Crippen molar-refractivity contribution in [1.82, 2.24) is 0 Å². The first-order valence-electron chi connectivity index (χ1n) is 6.62. The van der Waals surface area contributed by atoms with Crippen molar-refractivity contribution in [3.63, 3.8) is 0 Å². The molecule has 0 saturated carbocycles. The smallest absolute Gasteiger partial charge is 0.161 e. The summed E-state index contributed by atoms with van der Waals surface area (Å²) < 4.78 is 10.6. The third-order valence-corrected chi connectivity index (χ3v) is 3.93. The summed E-state index contributed by atoms with van der Waals surface area (Å²) in [6, 6.07) is 5.81. The first-order valence-corrected chi connectivity index (χ1v) is 6.62. The molecule has 1 aromatic rings. The van der Waals surface area contributed by atoms with Gasteiger partial charge in [0.25, 0.3) is 0 Å². The maximum atomic E-state index is 9.32. The number of aliphatic hydroxyl groups is 1. The van der Waals surface area contributed by atoms with Gasteiger partial charge in [-0.15, -0.1) is 0 Å². The number of rotatable bonds is 7. The van der Waals surface area contributed by atoms with Crippen molar-refractivity contribution in [1.29, 1.82) is 0 Å². The SMILES string of the molecule is CCC(N)C(C)(CCO)c1ccc(OC)c(OC)c1. The van der Waals surface area contributed by atoms with E-state index in [1.807, 2.05) is 18.2 Å². The van der Waals surface area contributed by atoms with Crippen LogP contribution in [0.4, 0.5) is 0 Å². The van der Waals surface area contributed by atoms with Gasteiger partial charge in [-0.2, -0.15) is 0 Å². The third-order valence-electron chi connectivity index (χ3n) is 3.93. The minimum absolute atomic E-state index is 0.0160. The summed E-state index contributed by atoms with van der Waals surface area (Å²) in [7, 11) is 3.23. The number of aliphatic hydroxyl groups excluding tert-OH is 1. The molecule has 0 heterocycles. The lowest BCUT2D eigenvalue weighted by atomic mass is 9.73. The molecular weight excluding hydrogens is 242 g/mol. The Kier molecular flexibility index (Phi) is 5.63. The number of ether oxygens (including phenoxy) is 2. The molecule has 0 aromatic heterocycles. The highest BCUT2D eigenvalue weighted by Crippen LogP contribution is 2.37. The zero-order chi connectivity index (χ0) is 14.5. The van der Waals surface area contributed by atoms with Gasteiger partial charge in [0.05, 0.1) is 14.2 Å². The zero-order valence-corrected chi connectivity index (χ0v) is 12.3. The summed E-state index contributed by atoms with van der Waals surface area (Å²) in [5.41, 5.74) is 7.04. The summed E-state index contributed by atoms with van der Waals surface area (Å²) in [5.74, 6) is 1.38. The summed E-state index contributed by atoms with van der Waals surface area (Å²) in [5, 5.41) is 9.32. The van der Waals surface area contributed by atoms with Crippen LogP contribution in [-0.4, -0.2) is 32.0 Å². The Bertz CT molecular complexity index is 408. The van der Waals surface area contributed by atoms with Crippen molar-refractivity contribution in [3.8, 4) is 11.5 Å². The van der Waals surface area contributed by atoms with Gasteiger partial charge in [-0.25, -0.2) is 0 Å². The maximum Gasteiger partial charge on any atom is 0.161 e. The predicted octanol–water partition coefficient (Wildman–Crippen LogP) is 2.08. The van der Waals surface area contributed by atoms with Crippen LogP contribution in [0.1, 0.15) is 32.3 Å². The highest BCUT2D eigenvalue weighted by molar-refractivity contribution is 5.45. The van der Waals surface area contributed by atoms with E-state index in [4.69, 9.17) is 15.2 Å². The fourth-order valence-electron chi connectivity index (χ4n) is 2.42. The first-order chi connectivity index (χ1) is 9.03. The van der Waals surface area contributed by atoms with E-state index in [1.54, 1.807) is 14.2 Å². The lowest BCUT2D eigenvalue weighted by molar-refractivity contribution is 0.222. The molecule has 0 spiro atoms. The molecule has 0 aliphatic heterocycles. The monoisotopic (exact) mass is 267 g/mol. The first kappa shape index (κ1) is 15.8. The van der Waals surface area contributed by atoms with Gasteiger partial charge in [-0.05, 0) is 30.5 Å². The van der Waals surface area contributed by atoms with Crippen molar-refractivity contribution in [2.24, 2.45) is 5.73 Å². The van der Waals surface area contributed by atoms with Gasteiger partial charge in [-0.3, -0.25) is 0 Å². The normalized spacial score (nSPS) is 15.7. The maximum absolute atomic E-state index is 9.32. The second kappa shape index (κ2) is 6.78. The average Bonchev–Trinajstić information content (AvgIpc) is 2.45. The molecule has 0 aliphatic carbocycles. The highest BCUT2D eigenvalue weighted by Gasteiger charge is 2.32. The minimum atomic E-state index is -0.275. The quantitative estimate of drug-likeness (QED) is 0.794. The van der Waals surface area contributed by atoms with E-state index in [9.17, 15) is 5.11 Å². The highest BCUT2D eigenvalue weighted by atomic mass is 16.5. The molecule has 2 unspecified atom stereocenters. The van der Waals surface area contributed by atoms with Crippen molar-refractivity contribution < 1.29 is 14.6 Å². The van der Waals surface area contributed by atoms with Gasteiger partial charge in [0, 0.05) is 18.1 Å². The molecule has 0 saturated heterocycles. The van der Waals surface area contributed by atoms with Gasteiger partial charge in [0.15, 0.2) is 11.5 Å². The Hall–Kier alpha value is -1.26. The van der Waals surface area contributed by atoms with Gasteiger partial charge in [-0.1, -0.05) is 19.9 Å². The van der Waals surface area contributed by atoms with Crippen LogP contribution < -0.4 is 15.2 Å². The third kappa shape index (κ3) is 3.19. The van der Waals surface area contributed by atoms with E-state index in [1.165, 1.54) is 0 Å². The molecule has 0 fully saturated rings. The summed E-state index contributed by atoms with van der Waals surface area (Å²) in [6.45, 7) is 4.25. The van der Waals surface area contributed by atoms with E-state index in [-0.39, 0.29) is 18.1 Å². The Morgan fingerprint density at radius 3 is 2.37 bits per heavy atom. The fourth-order valence-corrected chi connectivity index (χ4v) is 2.42. The summed E-state index contributed by atoms with van der Waals surface area (Å²) in [6.07, 6.45) is 1.47. The van der Waals surface area contributed by atoms with Crippen LogP contribution in [0.25, 0.3) is 0 Å². The van der Waals surface area contributed by atoms with E-state index >= 15 is 0 Å². The molecule has 4 heteroatoms. The van der Waals surface area contributed by atoms with Crippen LogP contribution >= 0.6 is 0 Å². The molecule has 0 amide bonds. The second-order valence-electron chi connectivity index (χ2n) is 4.98. The lowest BCUT2D eigenvalue weighted by Crippen LogP contribution is -2.43. The van der Waals surface area contributed by atoms with E-state index in [0.29, 0.717) is 17.9 Å². The molecule has 0 aliphatic rings. The van der Waals surface area contributed by atoms with Crippen molar-refractivity contribution >= 4 is 0 Å². The van der Waals surface area contributed by atoms with Gasteiger partial charge < -0.3 is 20.3 Å². The van der Waals surface area contributed by atoms with Crippen molar-refractivity contribution in [2.45, 2.75) is 38.1 Å². The largest absolute Gasteiger partial charge is 0.493 e. The Labute approximate surface area is 115 Å². The lowest BCUT2D eigenvalue weighted by Gasteiger charge is -2.35. The molecule has 0 bridgehead atoms. The van der Waals surface area contributed by atoms with Crippen LogP contribution in [0.2, 0.25) is 0 Å². The van der Waals surface area contributed by atoms with E-state index in [2.05, 4.69) is 13.8 Å². The molecule has 3 N–H and O–H groups in total. The van der Waals surface area contributed by atoms with Gasteiger partial charge in [0.1, 0.15) is 0 Å². The number of benzene rings is 1. The number of hydrogen-bond acceptors (Lipinski definition) is 4. The molecule has 4 nitrogen and oxygen atoms in total. The molecule has 1 rings (SSSR count). The molecular formula is C15H25NO3. The summed E-state index contributed by atoms with van der Waals surface area (Å²) in [4.78, 5) is 0.